The van der Waals surface area contributed by atoms with Crippen molar-refractivity contribution < 1.29 is 0 Å². The van der Waals surface area contributed by atoms with Gasteiger partial charge in [-0.3, -0.25) is 0 Å². The number of halogens is 1. The van der Waals surface area contributed by atoms with Crippen LogP contribution in [0, 0.1) is 12.3 Å². The standard InChI is InChI=1S/C3H5ClSi/c1-2-3(4)5/h1,3H,5H3. The molecule has 0 rings (SSSR count). The second kappa shape index (κ2) is 2.31. The van der Waals surface area contributed by atoms with Gasteiger partial charge in [-0.25, -0.2) is 0 Å². The first-order valence-electron chi connectivity index (χ1n) is 1.37. The Morgan fingerprint density at radius 3 is 2.20 bits per heavy atom. The molecule has 0 aromatic heterocycles. The van der Waals surface area contributed by atoms with Crippen LogP contribution in [0.5, 0.6) is 0 Å². The quantitative estimate of drug-likeness (QED) is 0.222. The van der Waals surface area contributed by atoms with Crippen LogP contribution in [0.3, 0.4) is 0 Å². The summed E-state index contributed by atoms with van der Waals surface area (Å²) < 4.78 is 0. The van der Waals surface area contributed by atoms with E-state index in [9.17, 15) is 0 Å². The van der Waals surface area contributed by atoms with Crippen molar-refractivity contribution in [2.45, 2.75) is 5.00 Å². The highest BCUT2D eigenvalue weighted by molar-refractivity contribution is 6.42. The molecule has 28 valence electrons. The number of hydrogen-bond acceptors (Lipinski definition) is 0. The largest absolute Gasteiger partial charge is 0.119 e. The Morgan fingerprint density at radius 1 is 2.00 bits per heavy atom. The first-order valence-corrected chi connectivity index (χ1v) is 2.96. The van der Waals surface area contributed by atoms with Gasteiger partial charge in [0.05, 0.1) is 5.00 Å². The summed E-state index contributed by atoms with van der Waals surface area (Å²) in [6.45, 7) is 0. The van der Waals surface area contributed by atoms with Crippen molar-refractivity contribution in [1.82, 2.24) is 0 Å². The van der Waals surface area contributed by atoms with E-state index < -0.39 is 0 Å². The van der Waals surface area contributed by atoms with Crippen LogP contribution in [-0.2, 0) is 0 Å². The number of terminal acetylenes is 1. The first kappa shape index (κ1) is 5.07. The zero-order chi connectivity index (χ0) is 4.28. The van der Waals surface area contributed by atoms with E-state index in [-0.39, 0.29) is 5.00 Å². The fourth-order valence-corrected chi connectivity index (χ4v) is 0. The highest BCUT2D eigenvalue weighted by Crippen LogP contribution is 1.79. The van der Waals surface area contributed by atoms with Crippen LogP contribution in [0.25, 0.3) is 0 Å². The van der Waals surface area contributed by atoms with Gasteiger partial charge in [0.15, 0.2) is 0 Å². The molecular weight excluding hydrogens is 99.6 g/mol. The van der Waals surface area contributed by atoms with E-state index in [2.05, 4.69) is 5.92 Å². The molecule has 0 fully saturated rings. The van der Waals surface area contributed by atoms with Crippen molar-refractivity contribution in [3.05, 3.63) is 0 Å². The van der Waals surface area contributed by atoms with Crippen LogP contribution in [0.15, 0.2) is 0 Å². The van der Waals surface area contributed by atoms with Crippen molar-refractivity contribution in [2.24, 2.45) is 0 Å². The second-order valence-corrected chi connectivity index (χ2v) is 3.32. The molecular formula is C3H5ClSi. The molecule has 0 aromatic carbocycles. The lowest BCUT2D eigenvalue weighted by Crippen LogP contribution is -1.86. The second-order valence-electron chi connectivity index (χ2n) is 0.783. The minimum Gasteiger partial charge on any atom is -0.119 e. The molecule has 5 heavy (non-hydrogen) atoms. The normalized spacial score (nSPS) is 13.6. The average molecular weight is 105 g/mol. The van der Waals surface area contributed by atoms with Crippen LogP contribution in [0.2, 0.25) is 0 Å². The van der Waals surface area contributed by atoms with E-state index >= 15 is 0 Å². The maximum Gasteiger partial charge on any atom is 0.0746 e. The smallest absolute Gasteiger partial charge is 0.0746 e. The van der Waals surface area contributed by atoms with Gasteiger partial charge in [0.25, 0.3) is 0 Å². The Balaban J connectivity index is 2.94. The van der Waals surface area contributed by atoms with E-state index in [1.807, 2.05) is 0 Å². The molecule has 0 nitrogen and oxygen atoms in total. The van der Waals surface area contributed by atoms with Crippen molar-refractivity contribution in [1.29, 1.82) is 0 Å². The average Bonchev–Trinajstić information content (AvgIpc) is 1.38. The zero-order valence-corrected chi connectivity index (χ0v) is 5.79. The Labute approximate surface area is 39.9 Å². The maximum absolute atomic E-state index is 5.29. The zero-order valence-electron chi connectivity index (χ0n) is 3.03. The van der Waals surface area contributed by atoms with E-state index in [4.69, 9.17) is 18.0 Å². The van der Waals surface area contributed by atoms with Crippen LogP contribution >= 0.6 is 11.6 Å². The summed E-state index contributed by atoms with van der Waals surface area (Å²) >= 11 is 5.29. The molecule has 0 radical (unpaired) electrons. The Morgan fingerprint density at radius 2 is 2.20 bits per heavy atom. The molecule has 2 heteroatoms. The molecule has 0 aliphatic heterocycles. The van der Waals surface area contributed by atoms with Crippen LogP contribution in [0.4, 0.5) is 0 Å². The summed E-state index contributed by atoms with van der Waals surface area (Å²) in [7, 11) is 0.899. The molecule has 0 bridgehead atoms. The number of alkyl halides is 1. The topological polar surface area (TPSA) is 0 Å². The summed E-state index contributed by atoms with van der Waals surface area (Å²) in [4.78, 5) is 0. The van der Waals surface area contributed by atoms with Crippen LogP contribution < -0.4 is 0 Å². The Hall–Kier alpha value is 0.0669. The van der Waals surface area contributed by atoms with Gasteiger partial charge < -0.3 is 0 Å². The van der Waals surface area contributed by atoms with Gasteiger partial charge in [-0.1, -0.05) is 5.92 Å². The minimum absolute atomic E-state index is 0.0231. The number of rotatable bonds is 0. The van der Waals surface area contributed by atoms with E-state index in [0.717, 1.165) is 10.2 Å². The summed E-state index contributed by atoms with van der Waals surface area (Å²) in [6.07, 6.45) is 4.82. The first-order chi connectivity index (χ1) is 2.27. The Kier molecular flexibility index (Phi) is 2.34. The van der Waals surface area contributed by atoms with E-state index in [1.54, 1.807) is 0 Å². The van der Waals surface area contributed by atoms with Gasteiger partial charge in [0, 0.05) is 10.2 Å². The molecule has 1 atom stereocenters. The van der Waals surface area contributed by atoms with Crippen molar-refractivity contribution in [3.8, 4) is 12.3 Å². The molecule has 1 unspecified atom stereocenters. The van der Waals surface area contributed by atoms with Crippen LogP contribution in [0.1, 0.15) is 0 Å². The van der Waals surface area contributed by atoms with Crippen molar-refractivity contribution in [2.75, 3.05) is 0 Å². The molecule has 0 aliphatic carbocycles. The molecule has 0 saturated carbocycles. The van der Waals surface area contributed by atoms with Crippen molar-refractivity contribution >= 4 is 21.8 Å². The maximum atomic E-state index is 5.29. The van der Waals surface area contributed by atoms with Gasteiger partial charge >= 0.3 is 0 Å². The van der Waals surface area contributed by atoms with Gasteiger partial charge in [-0.05, 0) is 0 Å². The lowest BCUT2D eigenvalue weighted by molar-refractivity contribution is 1.74. The highest BCUT2D eigenvalue weighted by Gasteiger charge is 1.77. The van der Waals surface area contributed by atoms with Gasteiger partial charge in [-0.2, -0.15) is 0 Å². The predicted octanol–water partition coefficient (Wildman–Crippen LogP) is -0.450. The third-order valence-electron chi connectivity index (χ3n) is 0.230. The molecule has 0 amide bonds. The SMILES string of the molecule is C#CC([SiH3])Cl. The molecule has 0 aromatic rings. The monoisotopic (exact) mass is 104 g/mol. The summed E-state index contributed by atoms with van der Waals surface area (Å²) in [5.41, 5.74) is 0. The fraction of sp³-hybridized carbons (Fsp3) is 0.333. The summed E-state index contributed by atoms with van der Waals surface area (Å²) in [6, 6.07) is 0. The van der Waals surface area contributed by atoms with Gasteiger partial charge in [-0.15, -0.1) is 18.0 Å². The predicted molar refractivity (Wildman–Crippen MR) is 28.4 cm³/mol. The highest BCUT2D eigenvalue weighted by atomic mass is 35.5. The van der Waals surface area contributed by atoms with Crippen molar-refractivity contribution in [3.63, 3.8) is 0 Å². The number of hydrogen-bond donors (Lipinski definition) is 0. The Bertz CT molecular complexity index is 52.4. The summed E-state index contributed by atoms with van der Waals surface area (Å²) in [5.74, 6) is 2.35. The molecule has 0 heterocycles. The molecule has 0 aliphatic rings. The molecule has 0 saturated heterocycles. The fourth-order valence-electron chi connectivity index (χ4n) is 0. The third-order valence-corrected chi connectivity index (χ3v) is 0.689. The lowest BCUT2D eigenvalue weighted by Gasteiger charge is -1.76. The molecule has 0 N–H and O–H groups in total. The third kappa shape index (κ3) is 4.07. The van der Waals surface area contributed by atoms with Gasteiger partial charge in [0.2, 0.25) is 0 Å². The lowest BCUT2D eigenvalue weighted by atomic mass is 10.8. The van der Waals surface area contributed by atoms with Crippen LogP contribution in [-0.4, -0.2) is 15.2 Å². The molecule has 0 spiro atoms. The van der Waals surface area contributed by atoms with Gasteiger partial charge in [0.1, 0.15) is 0 Å². The minimum atomic E-state index is 0.0231. The van der Waals surface area contributed by atoms with E-state index in [0.29, 0.717) is 0 Å². The van der Waals surface area contributed by atoms with E-state index in [1.165, 1.54) is 0 Å². The summed E-state index contributed by atoms with van der Waals surface area (Å²) in [5, 5.41) is 0.0231.